The molecule has 3 heterocycles. The number of benzene rings is 1. The number of likely N-dealkylation sites (tertiary alicyclic amines) is 1. The van der Waals surface area contributed by atoms with Crippen LogP contribution in [0.15, 0.2) is 54.9 Å². The number of nitrogens with zero attached hydrogens (tertiary/aromatic N) is 3. The van der Waals surface area contributed by atoms with Gasteiger partial charge in [0.05, 0.1) is 24.6 Å². The largest absolute Gasteiger partial charge is 0.490 e. The predicted molar refractivity (Wildman–Crippen MR) is 147 cm³/mol. The van der Waals surface area contributed by atoms with Gasteiger partial charge in [-0.05, 0) is 37.0 Å². The van der Waals surface area contributed by atoms with Crippen molar-refractivity contribution in [3.63, 3.8) is 0 Å². The Balaban J connectivity index is 0.000000440. The molecular formula is C28H28F6N6O6. The fourth-order valence-electron chi connectivity index (χ4n) is 4.15. The van der Waals surface area contributed by atoms with Crippen LogP contribution < -0.4 is 11.1 Å². The van der Waals surface area contributed by atoms with Gasteiger partial charge in [0.15, 0.2) is 0 Å². The van der Waals surface area contributed by atoms with E-state index >= 15 is 0 Å². The van der Waals surface area contributed by atoms with Crippen LogP contribution in [-0.4, -0.2) is 79.8 Å². The zero-order valence-electron chi connectivity index (χ0n) is 23.7. The van der Waals surface area contributed by atoms with E-state index in [4.69, 9.17) is 25.5 Å². The SMILES string of the molecule is N#C[C@H]1C[C@@H](C(=O)NCc2cc3cnccc3[nH]2)N(C(=O)[C@H](N)CCc2ccccc2)C1.O=C(O)C(F)(F)F.O=C(O)C(F)(F)F. The second-order valence-electron chi connectivity index (χ2n) is 9.78. The van der Waals surface area contributed by atoms with Crippen LogP contribution in [0.2, 0.25) is 0 Å². The molecule has 1 aliphatic heterocycles. The molecule has 6 N–H and O–H groups in total. The lowest BCUT2D eigenvalue weighted by Crippen LogP contribution is -2.51. The van der Waals surface area contributed by atoms with Gasteiger partial charge in [-0.2, -0.15) is 31.6 Å². The van der Waals surface area contributed by atoms with Gasteiger partial charge in [-0.15, -0.1) is 0 Å². The van der Waals surface area contributed by atoms with Gasteiger partial charge in [0.2, 0.25) is 11.8 Å². The van der Waals surface area contributed by atoms with E-state index in [2.05, 4.69) is 21.4 Å². The molecule has 3 atom stereocenters. The normalized spacial score (nSPS) is 16.6. The molecule has 248 valence electrons. The zero-order valence-corrected chi connectivity index (χ0v) is 23.7. The maximum Gasteiger partial charge on any atom is 0.490 e. The van der Waals surface area contributed by atoms with Crippen LogP contribution in [0.4, 0.5) is 26.3 Å². The first-order chi connectivity index (χ1) is 21.4. The molecule has 0 radical (unpaired) electrons. The Morgan fingerprint density at radius 1 is 1.07 bits per heavy atom. The van der Waals surface area contributed by atoms with E-state index in [0.29, 0.717) is 25.8 Å². The van der Waals surface area contributed by atoms with Crippen molar-refractivity contribution in [2.45, 2.75) is 50.2 Å². The lowest BCUT2D eigenvalue weighted by molar-refractivity contribution is -0.193. The number of aromatic nitrogens is 2. The van der Waals surface area contributed by atoms with Gasteiger partial charge >= 0.3 is 24.3 Å². The zero-order chi connectivity index (χ0) is 34.7. The van der Waals surface area contributed by atoms with Crippen LogP contribution in [0.5, 0.6) is 0 Å². The number of fused-ring (bicyclic) bond motifs is 1. The summed E-state index contributed by atoms with van der Waals surface area (Å²) in [5.41, 5.74) is 9.07. The number of nitrogens with two attached hydrogens (primary N) is 1. The number of aryl methyl sites for hydroxylation is 1. The molecule has 1 aliphatic rings. The molecule has 12 nitrogen and oxygen atoms in total. The van der Waals surface area contributed by atoms with Crippen molar-refractivity contribution in [3.05, 3.63) is 66.1 Å². The van der Waals surface area contributed by atoms with Crippen LogP contribution in [0.3, 0.4) is 0 Å². The van der Waals surface area contributed by atoms with E-state index in [1.165, 1.54) is 4.90 Å². The average molecular weight is 659 g/mol. The highest BCUT2D eigenvalue weighted by Gasteiger charge is 2.41. The van der Waals surface area contributed by atoms with Gasteiger partial charge in [-0.3, -0.25) is 14.6 Å². The Hall–Kier alpha value is -5.18. The van der Waals surface area contributed by atoms with E-state index in [9.17, 15) is 41.2 Å². The quantitative estimate of drug-likeness (QED) is 0.236. The summed E-state index contributed by atoms with van der Waals surface area (Å²) in [6, 6.07) is 14.4. The van der Waals surface area contributed by atoms with Crippen LogP contribution in [0, 0.1) is 17.2 Å². The number of carboxylic acid groups (broad SMARTS) is 2. The van der Waals surface area contributed by atoms with Crippen molar-refractivity contribution in [1.29, 1.82) is 5.26 Å². The highest BCUT2D eigenvalue weighted by atomic mass is 19.4. The molecule has 0 saturated carbocycles. The Morgan fingerprint density at radius 2 is 1.65 bits per heavy atom. The minimum Gasteiger partial charge on any atom is -0.475 e. The molecule has 18 heteroatoms. The third-order valence-corrected chi connectivity index (χ3v) is 6.39. The fourth-order valence-corrected chi connectivity index (χ4v) is 4.15. The van der Waals surface area contributed by atoms with Crippen molar-refractivity contribution in [2.75, 3.05) is 6.54 Å². The molecule has 1 fully saturated rings. The number of amides is 2. The number of nitrogens with one attached hydrogen (secondary N) is 2. The molecule has 46 heavy (non-hydrogen) atoms. The number of rotatable bonds is 7. The molecule has 0 spiro atoms. The molecule has 1 saturated heterocycles. The second-order valence-corrected chi connectivity index (χ2v) is 9.78. The first kappa shape index (κ1) is 37.0. The number of carboxylic acids is 2. The van der Waals surface area contributed by atoms with Crippen LogP contribution in [0.1, 0.15) is 24.1 Å². The predicted octanol–water partition coefficient (Wildman–Crippen LogP) is 3.15. The smallest absolute Gasteiger partial charge is 0.475 e. The molecule has 0 aliphatic carbocycles. The van der Waals surface area contributed by atoms with E-state index in [1.807, 2.05) is 42.5 Å². The number of H-pyrrole nitrogens is 1. The van der Waals surface area contributed by atoms with Gasteiger partial charge in [-0.25, -0.2) is 9.59 Å². The van der Waals surface area contributed by atoms with Gasteiger partial charge in [0, 0.05) is 35.5 Å². The number of hydrogen-bond donors (Lipinski definition) is 5. The number of aromatic amines is 1. The Kier molecular flexibility index (Phi) is 13.1. The maximum absolute atomic E-state index is 13.0. The highest BCUT2D eigenvalue weighted by molar-refractivity contribution is 5.90. The lowest BCUT2D eigenvalue weighted by atomic mass is 10.0. The monoisotopic (exact) mass is 658 g/mol. The first-order valence-electron chi connectivity index (χ1n) is 13.2. The molecule has 0 bridgehead atoms. The summed E-state index contributed by atoms with van der Waals surface area (Å²) in [7, 11) is 0. The number of carbonyl (C=O) groups excluding carboxylic acids is 2. The van der Waals surface area contributed by atoms with Gasteiger partial charge < -0.3 is 31.1 Å². The van der Waals surface area contributed by atoms with Gasteiger partial charge in [0.1, 0.15) is 6.04 Å². The number of hydrogen-bond acceptors (Lipinski definition) is 7. The lowest BCUT2D eigenvalue weighted by Gasteiger charge is -2.26. The molecule has 2 aromatic heterocycles. The molecule has 4 rings (SSSR count). The van der Waals surface area contributed by atoms with Crippen LogP contribution in [0.25, 0.3) is 10.9 Å². The average Bonchev–Trinajstić information content (AvgIpc) is 3.63. The number of halogens is 6. The number of aliphatic carboxylic acids is 2. The number of nitriles is 1. The summed E-state index contributed by atoms with van der Waals surface area (Å²) in [6.45, 7) is 0.522. The minimum absolute atomic E-state index is 0.227. The molecule has 3 aromatic rings. The molecular weight excluding hydrogens is 630 g/mol. The van der Waals surface area contributed by atoms with Crippen LogP contribution in [-0.2, 0) is 32.1 Å². The van der Waals surface area contributed by atoms with Gasteiger partial charge in [-0.1, -0.05) is 30.3 Å². The Bertz CT molecular complexity index is 1480. The summed E-state index contributed by atoms with van der Waals surface area (Å²) < 4.78 is 63.5. The van der Waals surface area contributed by atoms with E-state index in [0.717, 1.165) is 22.2 Å². The van der Waals surface area contributed by atoms with E-state index < -0.39 is 36.4 Å². The maximum atomic E-state index is 13.0. The molecule has 1 aromatic carbocycles. The van der Waals surface area contributed by atoms with E-state index in [-0.39, 0.29) is 24.3 Å². The molecule has 0 unspecified atom stereocenters. The number of pyridine rings is 1. The third kappa shape index (κ3) is 11.4. The standard InChI is InChI=1S/C24H26N6O2.2C2HF3O2/c25-12-17-10-22(23(31)28-14-19-11-18-13-27-9-8-21(18)29-19)30(15-17)24(32)20(26)7-6-16-4-2-1-3-5-16;2*3-2(4,5)1(6)7/h1-5,8-9,11,13,17,20,22,29H,6-7,10,14-15,26H2,(H,28,31);2*(H,6,7)/t17-,20-,22+;;/m1../s1. The van der Waals surface area contributed by atoms with Crippen molar-refractivity contribution in [3.8, 4) is 6.07 Å². The summed E-state index contributed by atoms with van der Waals surface area (Å²) in [5, 5.41) is 27.5. The summed E-state index contributed by atoms with van der Waals surface area (Å²) in [6.07, 6.45) is -5.24. The van der Waals surface area contributed by atoms with Gasteiger partial charge in [0.25, 0.3) is 0 Å². The van der Waals surface area contributed by atoms with Crippen molar-refractivity contribution >= 4 is 34.7 Å². The second kappa shape index (κ2) is 16.2. The summed E-state index contributed by atoms with van der Waals surface area (Å²) in [4.78, 5) is 52.6. The minimum atomic E-state index is -5.08. The third-order valence-electron chi connectivity index (χ3n) is 6.39. The fraction of sp³-hybridized carbons (Fsp3) is 0.357. The topological polar surface area (TPSA) is 202 Å². The van der Waals surface area contributed by atoms with Crippen molar-refractivity contribution in [1.82, 2.24) is 20.2 Å². The highest BCUT2D eigenvalue weighted by Crippen LogP contribution is 2.25. The van der Waals surface area contributed by atoms with E-state index in [1.54, 1.807) is 12.4 Å². The number of alkyl halides is 6. The Morgan fingerprint density at radius 3 is 2.17 bits per heavy atom. The summed E-state index contributed by atoms with van der Waals surface area (Å²) in [5.74, 6) is -6.45. The summed E-state index contributed by atoms with van der Waals surface area (Å²) >= 11 is 0. The van der Waals surface area contributed by atoms with Crippen molar-refractivity contribution < 1.29 is 55.7 Å². The molecule has 2 amide bonds. The first-order valence-corrected chi connectivity index (χ1v) is 13.2. The number of carbonyl (C=O) groups is 4. The van der Waals surface area contributed by atoms with Crippen molar-refractivity contribution in [2.24, 2.45) is 11.7 Å². The van der Waals surface area contributed by atoms with Crippen LogP contribution >= 0.6 is 0 Å². The Labute approximate surface area is 256 Å².